The van der Waals surface area contributed by atoms with Crippen LogP contribution in [0.1, 0.15) is 12.8 Å². The number of carboxylic acids is 2. The SMILES string of the molecule is O=C(O)C1=C(C(=O)O)CC1. The molecule has 0 spiro atoms. The molecule has 0 unspecified atom stereocenters. The lowest BCUT2D eigenvalue weighted by atomic mass is 9.89. The van der Waals surface area contributed by atoms with Gasteiger partial charge in [0.2, 0.25) is 0 Å². The van der Waals surface area contributed by atoms with Crippen molar-refractivity contribution in [3.05, 3.63) is 11.1 Å². The molecule has 0 aromatic rings. The van der Waals surface area contributed by atoms with Crippen LogP contribution in [0.4, 0.5) is 0 Å². The maximum absolute atomic E-state index is 10.2. The van der Waals surface area contributed by atoms with E-state index in [1.807, 2.05) is 0 Å². The second kappa shape index (κ2) is 2.13. The first-order valence-electron chi connectivity index (χ1n) is 2.81. The minimum Gasteiger partial charge on any atom is -0.478 e. The molecule has 2 N–H and O–H groups in total. The summed E-state index contributed by atoms with van der Waals surface area (Å²) in [6.07, 6.45) is 0.772. The number of carboxylic acid groups (broad SMARTS) is 2. The van der Waals surface area contributed by atoms with Gasteiger partial charge in [-0.25, -0.2) is 9.59 Å². The fourth-order valence-corrected chi connectivity index (χ4v) is 0.847. The van der Waals surface area contributed by atoms with E-state index in [0.717, 1.165) is 0 Å². The second-order valence-corrected chi connectivity index (χ2v) is 2.07. The zero-order chi connectivity index (χ0) is 7.72. The fourth-order valence-electron chi connectivity index (χ4n) is 0.847. The highest BCUT2D eigenvalue weighted by Gasteiger charge is 2.27. The van der Waals surface area contributed by atoms with Gasteiger partial charge in [0.05, 0.1) is 0 Å². The van der Waals surface area contributed by atoms with Gasteiger partial charge in [-0.15, -0.1) is 0 Å². The van der Waals surface area contributed by atoms with Crippen molar-refractivity contribution in [3.8, 4) is 0 Å². The average molecular weight is 142 g/mol. The molecule has 1 rings (SSSR count). The molecule has 54 valence electrons. The van der Waals surface area contributed by atoms with Crippen molar-refractivity contribution in [2.45, 2.75) is 12.8 Å². The van der Waals surface area contributed by atoms with E-state index in [1.165, 1.54) is 0 Å². The van der Waals surface area contributed by atoms with Crippen LogP contribution < -0.4 is 0 Å². The first kappa shape index (κ1) is 6.80. The fraction of sp³-hybridized carbons (Fsp3) is 0.333. The Morgan fingerprint density at radius 2 is 1.30 bits per heavy atom. The Balaban J connectivity index is 2.87. The van der Waals surface area contributed by atoms with E-state index in [9.17, 15) is 9.59 Å². The summed E-state index contributed by atoms with van der Waals surface area (Å²) >= 11 is 0. The summed E-state index contributed by atoms with van der Waals surface area (Å²) in [7, 11) is 0. The maximum Gasteiger partial charge on any atom is 0.332 e. The molecule has 0 saturated heterocycles. The van der Waals surface area contributed by atoms with E-state index in [2.05, 4.69) is 0 Å². The van der Waals surface area contributed by atoms with Crippen molar-refractivity contribution in [1.29, 1.82) is 0 Å². The summed E-state index contributed by atoms with van der Waals surface area (Å²) in [5.74, 6) is -2.22. The number of hydrogen-bond donors (Lipinski definition) is 2. The zero-order valence-electron chi connectivity index (χ0n) is 5.13. The Hall–Kier alpha value is -1.32. The predicted molar refractivity (Wildman–Crippen MR) is 31.5 cm³/mol. The largest absolute Gasteiger partial charge is 0.478 e. The monoisotopic (exact) mass is 142 g/mol. The summed E-state index contributed by atoms with van der Waals surface area (Å²) in [6.45, 7) is 0. The lowest BCUT2D eigenvalue weighted by Gasteiger charge is -2.15. The summed E-state index contributed by atoms with van der Waals surface area (Å²) in [5, 5.41) is 16.7. The maximum atomic E-state index is 10.2. The van der Waals surface area contributed by atoms with Crippen molar-refractivity contribution in [2.24, 2.45) is 0 Å². The van der Waals surface area contributed by atoms with Gasteiger partial charge in [0.1, 0.15) is 0 Å². The summed E-state index contributed by atoms with van der Waals surface area (Å²) in [4.78, 5) is 20.4. The van der Waals surface area contributed by atoms with Gasteiger partial charge in [0, 0.05) is 11.1 Å². The summed E-state index contributed by atoms with van der Waals surface area (Å²) < 4.78 is 0. The third-order valence-electron chi connectivity index (χ3n) is 1.51. The highest BCUT2D eigenvalue weighted by molar-refractivity contribution is 6.01. The van der Waals surface area contributed by atoms with Gasteiger partial charge < -0.3 is 10.2 Å². The van der Waals surface area contributed by atoms with Crippen LogP contribution in [0, 0.1) is 0 Å². The second-order valence-electron chi connectivity index (χ2n) is 2.07. The zero-order valence-corrected chi connectivity index (χ0v) is 5.13. The molecule has 0 aromatic heterocycles. The van der Waals surface area contributed by atoms with Crippen LogP contribution in [0.25, 0.3) is 0 Å². The lowest BCUT2D eigenvalue weighted by Crippen LogP contribution is -2.18. The standard InChI is InChI=1S/C6H6O4/c7-5(8)3-1-2-4(3)6(9)10/h1-2H2,(H,7,8)(H,9,10). The lowest BCUT2D eigenvalue weighted by molar-refractivity contribution is -0.137. The number of aliphatic carboxylic acids is 2. The van der Waals surface area contributed by atoms with Crippen molar-refractivity contribution in [2.75, 3.05) is 0 Å². The molecule has 0 saturated carbocycles. The third-order valence-corrected chi connectivity index (χ3v) is 1.51. The van der Waals surface area contributed by atoms with Crippen molar-refractivity contribution < 1.29 is 19.8 Å². The third kappa shape index (κ3) is 0.877. The van der Waals surface area contributed by atoms with Crippen LogP contribution in [-0.4, -0.2) is 22.2 Å². The van der Waals surface area contributed by atoms with Crippen molar-refractivity contribution in [1.82, 2.24) is 0 Å². The first-order valence-corrected chi connectivity index (χ1v) is 2.81. The van der Waals surface area contributed by atoms with Crippen LogP contribution in [0.15, 0.2) is 11.1 Å². The Bertz CT molecular complexity index is 202. The Kier molecular flexibility index (Phi) is 1.45. The average Bonchev–Trinajstić information content (AvgIpc) is 1.56. The minimum absolute atomic E-state index is 0.0486. The molecule has 0 amide bonds. The van der Waals surface area contributed by atoms with Gasteiger partial charge in [0.25, 0.3) is 0 Å². The molecule has 0 heterocycles. The Labute approximate surface area is 56.8 Å². The van der Waals surface area contributed by atoms with E-state index in [-0.39, 0.29) is 11.1 Å². The minimum atomic E-state index is -1.11. The molecule has 0 radical (unpaired) electrons. The summed E-state index contributed by atoms with van der Waals surface area (Å²) in [6, 6.07) is 0. The smallest absolute Gasteiger partial charge is 0.332 e. The van der Waals surface area contributed by atoms with Crippen LogP contribution in [-0.2, 0) is 9.59 Å². The van der Waals surface area contributed by atoms with Crippen LogP contribution >= 0.6 is 0 Å². The molecular formula is C6H6O4. The highest BCUT2D eigenvalue weighted by atomic mass is 16.4. The van der Waals surface area contributed by atoms with E-state index in [0.29, 0.717) is 12.8 Å². The van der Waals surface area contributed by atoms with Gasteiger partial charge in [0.15, 0.2) is 0 Å². The molecule has 0 aromatic carbocycles. The quantitative estimate of drug-likeness (QED) is 0.579. The molecule has 4 heteroatoms. The van der Waals surface area contributed by atoms with E-state index < -0.39 is 11.9 Å². The molecule has 0 atom stereocenters. The van der Waals surface area contributed by atoms with E-state index in [4.69, 9.17) is 10.2 Å². The molecule has 1 aliphatic carbocycles. The molecule has 10 heavy (non-hydrogen) atoms. The highest BCUT2D eigenvalue weighted by Crippen LogP contribution is 2.27. The normalized spacial score (nSPS) is 16.4. The molecule has 0 fully saturated rings. The number of hydrogen-bond acceptors (Lipinski definition) is 2. The summed E-state index contributed by atoms with van der Waals surface area (Å²) in [5.41, 5.74) is 0.0972. The van der Waals surface area contributed by atoms with Gasteiger partial charge in [-0.3, -0.25) is 0 Å². The molecule has 0 bridgehead atoms. The predicted octanol–water partition coefficient (Wildman–Crippen LogP) is 0.246. The van der Waals surface area contributed by atoms with E-state index in [1.54, 1.807) is 0 Å². The molecule has 0 aliphatic heterocycles. The van der Waals surface area contributed by atoms with Gasteiger partial charge in [-0.05, 0) is 12.8 Å². The van der Waals surface area contributed by atoms with Crippen molar-refractivity contribution >= 4 is 11.9 Å². The Morgan fingerprint density at radius 3 is 1.40 bits per heavy atom. The topological polar surface area (TPSA) is 74.6 Å². The number of carbonyl (C=O) groups is 2. The Morgan fingerprint density at radius 1 is 1.00 bits per heavy atom. The first-order chi connectivity index (χ1) is 4.63. The van der Waals surface area contributed by atoms with E-state index >= 15 is 0 Å². The van der Waals surface area contributed by atoms with Crippen LogP contribution in [0.5, 0.6) is 0 Å². The molecule has 1 aliphatic rings. The van der Waals surface area contributed by atoms with Crippen molar-refractivity contribution in [3.63, 3.8) is 0 Å². The van der Waals surface area contributed by atoms with Gasteiger partial charge in [-0.2, -0.15) is 0 Å². The molecule has 4 nitrogen and oxygen atoms in total. The van der Waals surface area contributed by atoms with Gasteiger partial charge in [-0.1, -0.05) is 0 Å². The van der Waals surface area contributed by atoms with Crippen LogP contribution in [0.3, 0.4) is 0 Å². The molecular weight excluding hydrogens is 136 g/mol. The van der Waals surface area contributed by atoms with Crippen LogP contribution in [0.2, 0.25) is 0 Å². The number of rotatable bonds is 2. The van der Waals surface area contributed by atoms with Gasteiger partial charge >= 0.3 is 11.9 Å².